The van der Waals surface area contributed by atoms with E-state index in [4.69, 9.17) is 4.74 Å². The quantitative estimate of drug-likeness (QED) is 0.341. The van der Waals surface area contributed by atoms with Crippen molar-refractivity contribution in [3.63, 3.8) is 0 Å². The smallest absolute Gasteiger partial charge is 0.337 e. The number of carbonyl (C=O) groups is 1. The third-order valence-electron chi connectivity index (χ3n) is 6.42. The molecule has 0 atom stereocenters. The summed E-state index contributed by atoms with van der Waals surface area (Å²) in [6.45, 7) is 0.890. The number of benzene rings is 2. The van der Waals surface area contributed by atoms with E-state index in [1.165, 1.54) is 24.3 Å². The number of hydrogen-bond acceptors (Lipinski definition) is 6. The second-order valence-electron chi connectivity index (χ2n) is 8.62. The Morgan fingerprint density at radius 2 is 1.81 bits per heavy atom. The normalized spacial score (nSPS) is 11.3. The number of esters is 1. The number of rotatable bonds is 7. The first-order valence-electron chi connectivity index (χ1n) is 11.5. The standard InChI is InChI=1S/C26H26N6O4/c1-30-22-21(23(33)31(2)26(30)35)32(15-16-8-10-17(11-9-16)24(34)36-3)25(29-22)27-13-12-18-14-28-20-7-5-4-6-19(18)20/h4-11,14,28H,12-13,15H2,1-3H3,(H,27,29). The molecular weight excluding hydrogens is 460 g/mol. The molecule has 3 aromatic heterocycles. The van der Waals surface area contributed by atoms with Crippen LogP contribution in [-0.4, -0.2) is 43.3 Å². The van der Waals surface area contributed by atoms with Gasteiger partial charge < -0.3 is 15.0 Å². The topological polar surface area (TPSA) is 116 Å². The summed E-state index contributed by atoms with van der Waals surface area (Å²) in [7, 11) is 4.39. The van der Waals surface area contributed by atoms with Crippen LogP contribution in [0.1, 0.15) is 21.5 Å². The predicted molar refractivity (Wildman–Crippen MR) is 138 cm³/mol. The van der Waals surface area contributed by atoms with E-state index in [0.29, 0.717) is 35.8 Å². The van der Waals surface area contributed by atoms with Crippen molar-refractivity contribution in [2.75, 3.05) is 19.0 Å². The van der Waals surface area contributed by atoms with Crippen LogP contribution in [0.25, 0.3) is 22.1 Å². The zero-order valence-corrected chi connectivity index (χ0v) is 20.2. The molecular formula is C26H26N6O4. The van der Waals surface area contributed by atoms with Crippen molar-refractivity contribution in [3.8, 4) is 0 Å². The molecule has 0 unspecified atom stereocenters. The van der Waals surface area contributed by atoms with E-state index in [-0.39, 0.29) is 0 Å². The molecule has 2 N–H and O–H groups in total. The summed E-state index contributed by atoms with van der Waals surface area (Å²) in [4.78, 5) is 45.3. The van der Waals surface area contributed by atoms with Crippen molar-refractivity contribution in [1.82, 2.24) is 23.7 Å². The molecule has 2 aromatic carbocycles. The second-order valence-corrected chi connectivity index (χ2v) is 8.62. The van der Waals surface area contributed by atoms with E-state index in [1.54, 1.807) is 35.9 Å². The van der Waals surface area contributed by atoms with E-state index < -0.39 is 17.2 Å². The number of carbonyl (C=O) groups excluding carboxylic acids is 1. The van der Waals surface area contributed by atoms with Gasteiger partial charge in [0.05, 0.1) is 19.2 Å². The molecule has 0 amide bonds. The Balaban J connectivity index is 1.51. The lowest BCUT2D eigenvalue weighted by atomic mass is 10.1. The molecule has 0 aliphatic rings. The Morgan fingerprint density at radius 3 is 2.56 bits per heavy atom. The zero-order chi connectivity index (χ0) is 25.4. The molecule has 0 fully saturated rings. The number of hydrogen-bond donors (Lipinski definition) is 2. The maximum Gasteiger partial charge on any atom is 0.337 e. The Hall–Kier alpha value is -4.60. The fraction of sp³-hybridized carbons (Fsp3) is 0.231. The molecule has 0 radical (unpaired) electrons. The molecule has 10 nitrogen and oxygen atoms in total. The van der Waals surface area contributed by atoms with Gasteiger partial charge in [-0.1, -0.05) is 30.3 Å². The van der Waals surface area contributed by atoms with Gasteiger partial charge in [0, 0.05) is 37.7 Å². The van der Waals surface area contributed by atoms with Crippen LogP contribution in [0, 0.1) is 0 Å². The van der Waals surface area contributed by atoms with Crippen LogP contribution in [0.2, 0.25) is 0 Å². The number of methoxy groups -OCH3 is 1. The summed E-state index contributed by atoms with van der Waals surface area (Å²) in [6.07, 6.45) is 2.73. The summed E-state index contributed by atoms with van der Waals surface area (Å²) in [5.41, 5.74) is 3.32. The molecule has 0 saturated heterocycles. The van der Waals surface area contributed by atoms with Crippen molar-refractivity contribution in [2.24, 2.45) is 14.1 Å². The fourth-order valence-corrected chi connectivity index (χ4v) is 4.43. The lowest BCUT2D eigenvalue weighted by Gasteiger charge is -2.11. The number of para-hydroxylation sites is 1. The van der Waals surface area contributed by atoms with Crippen LogP contribution in [0.5, 0.6) is 0 Å². The van der Waals surface area contributed by atoms with Gasteiger partial charge in [-0.3, -0.25) is 18.5 Å². The third kappa shape index (κ3) is 3.96. The van der Waals surface area contributed by atoms with Gasteiger partial charge in [0.15, 0.2) is 11.2 Å². The maximum absolute atomic E-state index is 13.1. The third-order valence-corrected chi connectivity index (χ3v) is 6.42. The van der Waals surface area contributed by atoms with E-state index in [1.807, 2.05) is 24.4 Å². The number of fused-ring (bicyclic) bond motifs is 2. The maximum atomic E-state index is 13.1. The highest BCUT2D eigenvalue weighted by atomic mass is 16.5. The van der Waals surface area contributed by atoms with Crippen molar-refractivity contribution in [2.45, 2.75) is 13.0 Å². The van der Waals surface area contributed by atoms with E-state index in [2.05, 4.69) is 21.4 Å². The Kier molecular flexibility index (Phi) is 5.93. The summed E-state index contributed by atoms with van der Waals surface area (Å²) in [5, 5.41) is 4.52. The molecule has 10 heteroatoms. The number of anilines is 1. The molecule has 3 heterocycles. The molecule has 36 heavy (non-hydrogen) atoms. The Morgan fingerprint density at radius 1 is 1.06 bits per heavy atom. The highest BCUT2D eigenvalue weighted by Gasteiger charge is 2.19. The van der Waals surface area contributed by atoms with Gasteiger partial charge in [0.2, 0.25) is 5.95 Å². The first-order valence-corrected chi connectivity index (χ1v) is 11.5. The summed E-state index contributed by atoms with van der Waals surface area (Å²) in [6, 6.07) is 15.1. The van der Waals surface area contributed by atoms with Crippen LogP contribution < -0.4 is 16.6 Å². The fourth-order valence-electron chi connectivity index (χ4n) is 4.43. The van der Waals surface area contributed by atoms with E-state index in [9.17, 15) is 14.4 Å². The number of aromatic nitrogens is 5. The highest BCUT2D eigenvalue weighted by Crippen LogP contribution is 2.21. The van der Waals surface area contributed by atoms with Gasteiger partial charge in [-0.25, -0.2) is 9.59 Å². The molecule has 0 aliphatic carbocycles. The largest absolute Gasteiger partial charge is 0.465 e. The molecule has 0 aliphatic heterocycles. The molecule has 0 saturated carbocycles. The number of nitrogens with one attached hydrogen (secondary N) is 2. The van der Waals surface area contributed by atoms with Gasteiger partial charge in [-0.2, -0.15) is 4.98 Å². The van der Waals surface area contributed by atoms with Gasteiger partial charge in [0.1, 0.15) is 0 Å². The van der Waals surface area contributed by atoms with Crippen LogP contribution in [0.4, 0.5) is 5.95 Å². The predicted octanol–water partition coefficient (Wildman–Crippen LogP) is 2.40. The van der Waals surface area contributed by atoms with Crippen molar-refractivity contribution in [1.29, 1.82) is 0 Å². The SMILES string of the molecule is COC(=O)c1ccc(Cn2c(NCCc3c[nH]c4ccccc34)nc3c2c(=O)n(C)c(=O)n3C)cc1. The number of aryl methyl sites for hydroxylation is 1. The lowest BCUT2D eigenvalue weighted by molar-refractivity contribution is 0.0600. The number of imidazole rings is 1. The van der Waals surface area contributed by atoms with Crippen molar-refractivity contribution >= 4 is 34.0 Å². The molecule has 5 rings (SSSR count). The first-order chi connectivity index (χ1) is 17.4. The minimum Gasteiger partial charge on any atom is -0.465 e. The molecule has 184 valence electrons. The van der Waals surface area contributed by atoms with Crippen molar-refractivity contribution < 1.29 is 9.53 Å². The minimum atomic E-state index is -0.440. The molecule has 0 bridgehead atoms. The Bertz CT molecular complexity index is 1710. The zero-order valence-electron chi connectivity index (χ0n) is 20.2. The second kappa shape index (κ2) is 9.21. The first kappa shape index (κ1) is 23.2. The van der Waals surface area contributed by atoms with Crippen LogP contribution in [-0.2, 0) is 31.8 Å². The van der Waals surface area contributed by atoms with Gasteiger partial charge in [-0.05, 0) is 35.7 Å². The summed E-state index contributed by atoms with van der Waals surface area (Å²) in [5.74, 6) is 0.0679. The van der Waals surface area contributed by atoms with Crippen LogP contribution >= 0.6 is 0 Å². The molecule has 0 spiro atoms. The highest BCUT2D eigenvalue weighted by molar-refractivity contribution is 5.89. The molecule has 5 aromatic rings. The average molecular weight is 487 g/mol. The summed E-state index contributed by atoms with van der Waals surface area (Å²) >= 11 is 0. The van der Waals surface area contributed by atoms with E-state index >= 15 is 0 Å². The monoisotopic (exact) mass is 486 g/mol. The number of aromatic amines is 1. The van der Waals surface area contributed by atoms with Crippen molar-refractivity contribution in [3.05, 3.63) is 92.3 Å². The number of H-pyrrole nitrogens is 1. The Labute approximate surface area is 205 Å². The van der Waals surface area contributed by atoms with Gasteiger partial charge in [0.25, 0.3) is 5.56 Å². The van der Waals surface area contributed by atoms with Crippen LogP contribution in [0.3, 0.4) is 0 Å². The number of ether oxygens (including phenoxy) is 1. The van der Waals surface area contributed by atoms with Crippen LogP contribution in [0.15, 0.2) is 64.3 Å². The van der Waals surface area contributed by atoms with Gasteiger partial charge >= 0.3 is 11.7 Å². The lowest BCUT2D eigenvalue weighted by Crippen LogP contribution is -2.37. The van der Waals surface area contributed by atoms with E-state index in [0.717, 1.165) is 27.5 Å². The summed E-state index contributed by atoms with van der Waals surface area (Å²) < 4.78 is 9.00. The minimum absolute atomic E-state index is 0.309. The van der Waals surface area contributed by atoms with Gasteiger partial charge in [-0.15, -0.1) is 0 Å². The number of nitrogens with zero attached hydrogens (tertiary/aromatic N) is 4. The average Bonchev–Trinajstić information content (AvgIpc) is 3.48.